The normalized spacial score (nSPS) is 12.4. The van der Waals surface area contributed by atoms with E-state index in [2.05, 4.69) is 12.1 Å². The standard InChI is InChI=1S/C12H16O2/c1-2-12(10-13)14-9-8-11-6-4-3-5-7-11/h3-7,10,12H,2,8-9H2,1H3. The average Bonchev–Trinajstić information content (AvgIpc) is 2.26. The second-order valence-corrected chi connectivity index (χ2v) is 3.19. The van der Waals surface area contributed by atoms with Gasteiger partial charge in [-0.25, -0.2) is 0 Å². The molecule has 0 N–H and O–H groups in total. The summed E-state index contributed by atoms with van der Waals surface area (Å²) in [6.07, 6.45) is 2.24. The molecule has 0 aliphatic carbocycles. The van der Waals surface area contributed by atoms with Crippen LogP contribution in [0.25, 0.3) is 0 Å². The van der Waals surface area contributed by atoms with Crippen molar-refractivity contribution in [3.05, 3.63) is 35.9 Å². The molecule has 1 atom stereocenters. The van der Waals surface area contributed by atoms with E-state index in [0.717, 1.165) is 19.1 Å². The fraction of sp³-hybridized carbons (Fsp3) is 0.417. The Kier molecular flexibility index (Phi) is 4.94. The lowest BCUT2D eigenvalue weighted by atomic mass is 10.2. The third-order valence-electron chi connectivity index (χ3n) is 2.12. The second kappa shape index (κ2) is 6.33. The Morgan fingerprint density at radius 2 is 2.07 bits per heavy atom. The number of ether oxygens (including phenoxy) is 1. The Balaban J connectivity index is 2.25. The average molecular weight is 192 g/mol. The minimum atomic E-state index is -0.237. The van der Waals surface area contributed by atoms with Gasteiger partial charge >= 0.3 is 0 Å². The molecule has 2 heteroatoms. The molecule has 1 unspecified atom stereocenters. The molecule has 0 saturated heterocycles. The molecule has 76 valence electrons. The summed E-state index contributed by atoms with van der Waals surface area (Å²) in [7, 11) is 0. The topological polar surface area (TPSA) is 26.3 Å². The van der Waals surface area contributed by atoms with Crippen molar-refractivity contribution in [2.45, 2.75) is 25.9 Å². The molecule has 1 aromatic rings. The van der Waals surface area contributed by atoms with Crippen LogP contribution in [-0.2, 0) is 16.0 Å². The summed E-state index contributed by atoms with van der Waals surface area (Å²) in [4.78, 5) is 10.5. The van der Waals surface area contributed by atoms with Crippen LogP contribution in [0.1, 0.15) is 18.9 Å². The second-order valence-electron chi connectivity index (χ2n) is 3.19. The van der Waals surface area contributed by atoms with Gasteiger partial charge in [0.15, 0.2) is 0 Å². The zero-order chi connectivity index (χ0) is 10.2. The van der Waals surface area contributed by atoms with Gasteiger partial charge in [0.05, 0.1) is 6.61 Å². The number of benzene rings is 1. The predicted molar refractivity (Wildman–Crippen MR) is 56.2 cm³/mol. The smallest absolute Gasteiger partial charge is 0.148 e. The third kappa shape index (κ3) is 3.71. The van der Waals surface area contributed by atoms with Crippen LogP contribution in [0, 0.1) is 0 Å². The minimum absolute atomic E-state index is 0.237. The summed E-state index contributed by atoms with van der Waals surface area (Å²) < 4.78 is 5.38. The van der Waals surface area contributed by atoms with Crippen molar-refractivity contribution in [3.63, 3.8) is 0 Å². The van der Waals surface area contributed by atoms with Gasteiger partial charge in [-0.05, 0) is 18.4 Å². The summed E-state index contributed by atoms with van der Waals surface area (Å²) in [5.41, 5.74) is 1.24. The van der Waals surface area contributed by atoms with E-state index in [1.165, 1.54) is 5.56 Å². The predicted octanol–water partition coefficient (Wildman–Crippen LogP) is 2.22. The zero-order valence-corrected chi connectivity index (χ0v) is 8.48. The molecule has 0 aliphatic heterocycles. The molecule has 0 saturated carbocycles. The van der Waals surface area contributed by atoms with E-state index < -0.39 is 0 Å². The Bertz CT molecular complexity index is 256. The molecule has 0 heterocycles. The van der Waals surface area contributed by atoms with Gasteiger partial charge in [-0.3, -0.25) is 0 Å². The van der Waals surface area contributed by atoms with Gasteiger partial charge < -0.3 is 9.53 Å². The summed E-state index contributed by atoms with van der Waals surface area (Å²) in [5.74, 6) is 0. The summed E-state index contributed by atoms with van der Waals surface area (Å²) >= 11 is 0. The van der Waals surface area contributed by atoms with Crippen molar-refractivity contribution in [2.75, 3.05) is 6.61 Å². The maximum atomic E-state index is 10.5. The Labute approximate surface area is 84.9 Å². The lowest BCUT2D eigenvalue weighted by Crippen LogP contribution is -2.14. The maximum absolute atomic E-state index is 10.5. The van der Waals surface area contributed by atoms with Crippen LogP contribution < -0.4 is 0 Å². The highest BCUT2D eigenvalue weighted by molar-refractivity contribution is 5.55. The van der Waals surface area contributed by atoms with Gasteiger partial charge in [0.1, 0.15) is 12.4 Å². The number of aldehydes is 1. The van der Waals surface area contributed by atoms with E-state index in [1.54, 1.807) is 0 Å². The van der Waals surface area contributed by atoms with Crippen molar-refractivity contribution in [1.29, 1.82) is 0 Å². The van der Waals surface area contributed by atoms with Crippen LogP contribution in [0.3, 0.4) is 0 Å². The monoisotopic (exact) mass is 192 g/mol. The lowest BCUT2D eigenvalue weighted by Gasteiger charge is -2.08. The number of carbonyl (C=O) groups is 1. The molecule has 1 aromatic carbocycles. The van der Waals surface area contributed by atoms with E-state index >= 15 is 0 Å². The Hall–Kier alpha value is -1.15. The molecular formula is C12H16O2. The fourth-order valence-electron chi connectivity index (χ4n) is 1.23. The van der Waals surface area contributed by atoms with Crippen molar-refractivity contribution in [1.82, 2.24) is 0 Å². The highest BCUT2D eigenvalue weighted by Crippen LogP contribution is 2.01. The van der Waals surface area contributed by atoms with Crippen LogP contribution >= 0.6 is 0 Å². The molecule has 0 aromatic heterocycles. The van der Waals surface area contributed by atoms with E-state index in [-0.39, 0.29) is 6.10 Å². The molecule has 0 amide bonds. The Morgan fingerprint density at radius 3 is 2.64 bits per heavy atom. The molecule has 14 heavy (non-hydrogen) atoms. The van der Waals surface area contributed by atoms with Crippen LogP contribution in [0.5, 0.6) is 0 Å². The lowest BCUT2D eigenvalue weighted by molar-refractivity contribution is -0.118. The summed E-state index contributed by atoms with van der Waals surface area (Å²) in [5, 5.41) is 0. The molecule has 1 rings (SSSR count). The maximum Gasteiger partial charge on any atom is 0.148 e. The number of hydrogen-bond donors (Lipinski definition) is 0. The molecule has 0 radical (unpaired) electrons. The molecule has 2 nitrogen and oxygen atoms in total. The number of hydrogen-bond acceptors (Lipinski definition) is 2. The molecule has 0 bridgehead atoms. The van der Waals surface area contributed by atoms with Gasteiger partial charge in [-0.1, -0.05) is 37.3 Å². The first-order valence-electron chi connectivity index (χ1n) is 4.97. The van der Waals surface area contributed by atoms with E-state index in [0.29, 0.717) is 6.61 Å². The van der Waals surface area contributed by atoms with Crippen molar-refractivity contribution >= 4 is 6.29 Å². The first-order valence-corrected chi connectivity index (χ1v) is 4.97. The fourth-order valence-corrected chi connectivity index (χ4v) is 1.23. The van der Waals surface area contributed by atoms with Crippen LogP contribution in [0.2, 0.25) is 0 Å². The zero-order valence-electron chi connectivity index (χ0n) is 8.48. The minimum Gasteiger partial charge on any atom is -0.370 e. The quantitative estimate of drug-likeness (QED) is 0.646. The number of rotatable bonds is 6. The van der Waals surface area contributed by atoms with Crippen LogP contribution in [0.15, 0.2) is 30.3 Å². The van der Waals surface area contributed by atoms with Crippen LogP contribution in [-0.4, -0.2) is 19.0 Å². The van der Waals surface area contributed by atoms with Gasteiger partial charge in [-0.2, -0.15) is 0 Å². The van der Waals surface area contributed by atoms with Crippen molar-refractivity contribution in [2.24, 2.45) is 0 Å². The first-order chi connectivity index (χ1) is 6.86. The van der Waals surface area contributed by atoms with Gasteiger partial charge in [-0.15, -0.1) is 0 Å². The van der Waals surface area contributed by atoms with Crippen molar-refractivity contribution < 1.29 is 9.53 Å². The molecule has 0 spiro atoms. The molecule has 0 fully saturated rings. The van der Waals surface area contributed by atoms with Crippen molar-refractivity contribution in [3.8, 4) is 0 Å². The molecular weight excluding hydrogens is 176 g/mol. The SMILES string of the molecule is CCC(C=O)OCCc1ccccc1. The van der Waals surface area contributed by atoms with Crippen LogP contribution in [0.4, 0.5) is 0 Å². The molecule has 0 aliphatic rings. The third-order valence-corrected chi connectivity index (χ3v) is 2.12. The van der Waals surface area contributed by atoms with Gasteiger partial charge in [0.2, 0.25) is 0 Å². The van der Waals surface area contributed by atoms with Gasteiger partial charge in [0.25, 0.3) is 0 Å². The first kappa shape index (κ1) is 10.9. The van der Waals surface area contributed by atoms with E-state index in [4.69, 9.17) is 4.74 Å². The van der Waals surface area contributed by atoms with Gasteiger partial charge in [0, 0.05) is 0 Å². The highest BCUT2D eigenvalue weighted by Gasteiger charge is 2.02. The summed E-state index contributed by atoms with van der Waals surface area (Å²) in [6, 6.07) is 10.1. The number of carbonyl (C=O) groups excluding carboxylic acids is 1. The summed E-state index contributed by atoms with van der Waals surface area (Å²) in [6.45, 7) is 2.56. The largest absolute Gasteiger partial charge is 0.370 e. The van der Waals surface area contributed by atoms with E-state index in [9.17, 15) is 4.79 Å². The van der Waals surface area contributed by atoms with E-state index in [1.807, 2.05) is 25.1 Å². The highest BCUT2D eigenvalue weighted by atomic mass is 16.5. The Morgan fingerprint density at radius 1 is 1.36 bits per heavy atom.